The molecule has 1 aliphatic heterocycles. The van der Waals surface area contributed by atoms with Gasteiger partial charge in [0.15, 0.2) is 0 Å². The first-order chi connectivity index (χ1) is 12.9. The summed E-state index contributed by atoms with van der Waals surface area (Å²) < 4.78 is 27.3. The monoisotopic (exact) mass is 372 g/mol. The molecular weight excluding hydrogens is 350 g/mol. The number of rotatable bonds is 5. The number of hydrogen-bond donors (Lipinski definition) is 1. The van der Waals surface area contributed by atoms with Crippen LogP contribution in [0.5, 0.6) is 0 Å². The second-order valence-electron chi connectivity index (χ2n) is 6.87. The van der Waals surface area contributed by atoms with E-state index in [-0.39, 0.29) is 36.8 Å². The van der Waals surface area contributed by atoms with Gasteiger partial charge < -0.3 is 10.2 Å². The Labute approximate surface area is 157 Å². The summed E-state index contributed by atoms with van der Waals surface area (Å²) in [6, 6.07) is 9.43. The summed E-state index contributed by atoms with van der Waals surface area (Å²) in [5.74, 6) is -2.08. The number of hydrogen-bond acceptors (Lipinski definition) is 2. The summed E-state index contributed by atoms with van der Waals surface area (Å²) in [4.78, 5) is 26.4. The maximum atomic E-state index is 13.6. The van der Waals surface area contributed by atoms with Crippen molar-refractivity contribution in [1.29, 1.82) is 0 Å². The van der Waals surface area contributed by atoms with Crippen molar-refractivity contribution in [2.45, 2.75) is 26.7 Å². The second-order valence-corrected chi connectivity index (χ2v) is 6.87. The Balaban J connectivity index is 1.60. The van der Waals surface area contributed by atoms with E-state index in [1.54, 1.807) is 4.90 Å². The molecule has 2 aromatic carbocycles. The number of halogens is 2. The highest BCUT2D eigenvalue weighted by Crippen LogP contribution is 2.29. The van der Waals surface area contributed by atoms with E-state index in [1.165, 1.54) is 18.2 Å². The maximum absolute atomic E-state index is 13.6. The Morgan fingerprint density at radius 3 is 2.52 bits per heavy atom. The fourth-order valence-corrected chi connectivity index (χ4v) is 3.37. The van der Waals surface area contributed by atoms with E-state index < -0.39 is 17.6 Å². The van der Waals surface area contributed by atoms with Crippen LogP contribution in [-0.2, 0) is 16.0 Å². The third kappa shape index (κ3) is 3.99. The molecule has 1 heterocycles. The van der Waals surface area contributed by atoms with E-state index in [2.05, 4.69) is 5.32 Å². The van der Waals surface area contributed by atoms with Gasteiger partial charge in [0, 0.05) is 30.8 Å². The first kappa shape index (κ1) is 19.0. The van der Waals surface area contributed by atoms with Crippen LogP contribution in [0, 0.1) is 31.4 Å². The van der Waals surface area contributed by atoms with Gasteiger partial charge in [0.05, 0.1) is 5.92 Å². The zero-order chi connectivity index (χ0) is 19.6. The third-order valence-corrected chi connectivity index (χ3v) is 5.10. The van der Waals surface area contributed by atoms with Gasteiger partial charge in [-0.1, -0.05) is 18.2 Å². The number of anilines is 1. The van der Waals surface area contributed by atoms with Crippen LogP contribution in [0.1, 0.15) is 23.1 Å². The number of amides is 2. The van der Waals surface area contributed by atoms with Crippen LogP contribution in [0.15, 0.2) is 36.4 Å². The smallest absolute Gasteiger partial charge is 0.227 e. The molecule has 6 heteroatoms. The lowest BCUT2D eigenvalue weighted by molar-refractivity contribution is -0.126. The highest BCUT2D eigenvalue weighted by Gasteiger charge is 2.35. The Morgan fingerprint density at radius 1 is 1.15 bits per heavy atom. The van der Waals surface area contributed by atoms with E-state index in [0.717, 1.165) is 16.8 Å². The lowest BCUT2D eigenvalue weighted by Crippen LogP contribution is -2.34. The first-order valence-corrected chi connectivity index (χ1v) is 8.95. The molecule has 4 nitrogen and oxygen atoms in total. The van der Waals surface area contributed by atoms with Crippen molar-refractivity contribution in [3.63, 3.8) is 0 Å². The maximum Gasteiger partial charge on any atom is 0.227 e. The summed E-state index contributed by atoms with van der Waals surface area (Å²) in [6.45, 7) is 4.35. The van der Waals surface area contributed by atoms with Gasteiger partial charge in [-0.15, -0.1) is 0 Å². The van der Waals surface area contributed by atoms with Gasteiger partial charge in [0.2, 0.25) is 11.8 Å². The van der Waals surface area contributed by atoms with Gasteiger partial charge in [0.25, 0.3) is 0 Å². The molecule has 1 saturated heterocycles. The summed E-state index contributed by atoms with van der Waals surface area (Å²) >= 11 is 0. The van der Waals surface area contributed by atoms with E-state index in [0.29, 0.717) is 6.54 Å². The molecule has 27 heavy (non-hydrogen) atoms. The Kier molecular flexibility index (Phi) is 5.54. The minimum atomic E-state index is -0.624. The third-order valence-electron chi connectivity index (χ3n) is 5.10. The number of carbonyl (C=O) groups excluding carboxylic acids is 2. The predicted octanol–water partition coefficient (Wildman–Crippen LogP) is 3.29. The summed E-state index contributed by atoms with van der Waals surface area (Å²) in [5.41, 5.74) is 2.88. The van der Waals surface area contributed by atoms with Gasteiger partial charge in [-0.05, 0) is 49.6 Å². The number of aryl methyl sites for hydroxylation is 1. The molecule has 1 fully saturated rings. The highest BCUT2D eigenvalue weighted by atomic mass is 19.1. The molecule has 0 radical (unpaired) electrons. The van der Waals surface area contributed by atoms with Crippen molar-refractivity contribution in [3.8, 4) is 0 Å². The molecule has 2 amide bonds. The molecule has 0 aromatic heterocycles. The van der Waals surface area contributed by atoms with Gasteiger partial charge in [0.1, 0.15) is 11.6 Å². The van der Waals surface area contributed by atoms with Gasteiger partial charge in [-0.2, -0.15) is 0 Å². The molecule has 0 bridgehead atoms. The van der Waals surface area contributed by atoms with Crippen LogP contribution < -0.4 is 10.2 Å². The molecule has 1 N–H and O–H groups in total. The van der Waals surface area contributed by atoms with Crippen LogP contribution in [-0.4, -0.2) is 24.9 Å². The van der Waals surface area contributed by atoms with Gasteiger partial charge >= 0.3 is 0 Å². The van der Waals surface area contributed by atoms with E-state index in [4.69, 9.17) is 0 Å². The summed E-state index contributed by atoms with van der Waals surface area (Å²) in [6.07, 6.45) is 0.193. The molecule has 2 aromatic rings. The number of carbonyl (C=O) groups is 2. The van der Waals surface area contributed by atoms with Crippen molar-refractivity contribution in [3.05, 3.63) is 64.7 Å². The molecule has 0 aliphatic carbocycles. The van der Waals surface area contributed by atoms with Crippen LogP contribution in [0.25, 0.3) is 0 Å². The van der Waals surface area contributed by atoms with Crippen LogP contribution in [0.4, 0.5) is 14.5 Å². The Morgan fingerprint density at radius 2 is 1.81 bits per heavy atom. The fourth-order valence-electron chi connectivity index (χ4n) is 3.37. The van der Waals surface area contributed by atoms with E-state index >= 15 is 0 Å². The molecule has 0 spiro atoms. The van der Waals surface area contributed by atoms with Crippen LogP contribution in [0.2, 0.25) is 0 Å². The molecule has 0 unspecified atom stereocenters. The van der Waals surface area contributed by atoms with Gasteiger partial charge in [-0.3, -0.25) is 9.59 Å². The van der Waals surface area contributed by atoms with E-state index in [9.17, 15) is 18.4 Å². The zero-order valence-corrected chi connectivity index (χ0v) is 15.4. The number of nitrogens with zero attached hydrogens (tertiary/aromatic N) is 1. The average molecular weight is 372 g/mol. The zero-order valence-electron chi connectivity index (χ0n) is 15.4. The van der Waals surface area contributed by atoms with Crippen molar-refractivity contribution in [2.75, 3.05) is 18.0 Å². The topological polar surface area (TPSA) is 49.4 Å². The molecule has 1 atom stereocenters. The lowest BCUT2D eigenvalue weighted by Gasteiger charge is -2.20. The molecule has 1 aliphatic rings. The Hall–Kier alpha value is -2.76. The van der Waals surface area contributed by atoms with Crippen molar-refractivity contribution in [2.24, 2.45) is 5.92 Å². The van der Waals surface area contributed by atoms with Crippen molar-refractivity contribution in [1.82, 2.24) is 5.32 Å². The fraction of sp³-hybridized carbons (Fsp3) is 0.333. The number of nitrogens with one attached hydrogen (secondary N) is 1. The van der Waals surface area contributed by atoms with Crippen molar-refractivity contribution < 1.29 is 18.4 Å². The normalized spacial score (nSPS) is 16.7. The SMILES string of the molecule is Cc1cccc(N2C[C@H](C(=O)NCCc3c(F)cccc3F)CC2=O)c1C. The predicted molar refractivity (Wildman–Crippen MR) is 99.4 cm³/mol. The quantitative estimate of drug-likeness (QED) is 0.876. The van der Waals surface area contributed by atoms with Crippen LogP contribution >= 0.6 is 0 Å². The standard InChI is InChI=1S/C21H22F2N2O2/c1-13-5-3-8-19(14(13)2)25-12-15(11-20(25)26)21(27)24-10-9-16-17(22)6-4-7-18(16)23/h3-8,15H,9-12H2,1-2H3,(H,24,27)/t15-/m1/s1. The first-order valence-electron chi connectivity index (χ1n) is 8.95. The summed E-state index contributed by atoms with van der Waals surface area (Å²) in [5, 5.41) is 2.69. The average Bonchev–Trinajstić information content (AvgIpc) is 3.01. The van der Waals surface area contributed by atoms with E-state index in [1.807, 2.05) is 32.0 Å². The van der Waals surface area contributed by atoms with Crippen LogP contribution in [0.3, 0.4) is 0 Å². The Bertz CT molecular complexity index is 862. The molecule has 142 valence electrons. The largest absolute Gasteiger partial charge is 0.355 e. The molecular formula is C21H22F2N2O2. The van der Waals surface area contributed by atoms with Gasteiger partial charge in [-0.25, -0.2) is 8.78 Å². The van der Waals surface area contributed by atoms with Crippen molar-refractivity contribution >= 4 is 17.5 Å². The number of benzene rings is 2. The second kappa shape index (κ2) is 7.86. The minimum absolute atomic E-state index is 0.0442. The molecule has 3 rings (SSSR count). The molecule has 0 saturated carbocycles. The minimum Gasteiger partial charge on any atom is -0.355 e. The highest BCUT2D eigenvalue weighted by molar-refractivity contribution is 6.00. The summed E-state index contributed by atoms with van der Waals surface area (Å²) in [7, 11) is 0. The lowest BCUT2D eigenvalue weighted by atomic mass is 10.1.